The van der Waals surface area contributed by atoms with E-state index >= 15 is 0 Å². The molecule has 0 aliphatic heterocycles. The second kappa shape index (κ2) is 5.51. The van der Waals surface area contributed by atoms with Gasteiger partial charge in [0.2, 0.25) is 0 Å². The third kappa shape index (κ3) is 4.51. The molecule has 0 aromatic heterocycles. The van der Waals surface area contributed by atoms with Crippen LogP contribution in [0.15, 0.2) is 23.1 Å². The first-order valence-corrected chi connectivity index (χ1v) is 8.25. The first kappa shape index (κ1) is 16.0. The summed E-state index contributed by atoms with van der Waals surface area (Å²) in [6.45, 7) is 7.38. The number of amides is 1. The molecule has 106 valence electrons. The number of carbonyl (C=O) groups is 1. The van der Waals surface area contributed by atoms with Crippen LogP contribution >= 0.6 is 10.7 Å². The summed E-state index contributed by atoms with van der Waals surface area (Å²) in [6.07, 6.45) is 0.530. The molecule has 1 N–H and O–H groups in total. The third-order valence-electron chi connectivity index (χ3n) is 2.46. The van der Waals surface area contributed by atoms with Crippen molar-refractivity contribution < 1.29 is 13.2 Å². The van der Waals surface area contributed by atoms with Gasteiger partial charge in [0.15, 0.2) is 0 Å². The molecule has 6 heteroatoms. The van der Waals surface area contributed by atoms with Gasteiger partial charge in [-0.1, -0.05) is 13.0 Å². The van der Waals surface area contributed by atoms with Crippen LogP contribution in [0.1, 0.15) is 43.6 Å². The van der Waals surface area contributed by atoms with Gasteiger partial charge >= 0.3 is 0 Å². The molecular weight excluding hydrogens is 286 g/mol. The predicted octanol–water partition coefficient (Wildman–Crippen LogP) is 2.70. The molecule has 0 bridgehead atoms. The monoisotopic (exact) mass is 303 g/mol. The minimum absolute atomic E-state index is 0.00164. The van der Waals surface area contributed by atoms with Crippen LogP contribution < -0.4 is 5.32 Å². The van der Waals surface area contributed by atoms with Crippen molar-refractivity contribution in [1.29, 1.82) is 0 Å². The van der Waals surface area contributed by atoms with E-state index in [1.54, 1.807) is 12.1 Å². The van der Waals surface area contributed by atoms with Gasteiger partial charge in [-0.2, -0.15) is 0 Å². The first-order chi connectivity index (χ1) is 8.54. The number of rotatable bonds is 3. The molecule has 19 heavy (non-hydrogen) atoms. The van der Waals surface area contributed by atoms with Crippen molar-refractivity contribution in [3.8, 4) is 0 Å². The molecule has 0 unspecified atom stereocenters. The Morgan fingerprint density at radius 1 is 1.32 bits per heavy atom. The number of benzene rings is 1. The zero-order valence-corrected chi connectivity index (χ0v) is 13.0. The Morgan fingerprint density at radius 3 is 2.32 bits per heavy atom. The van der Waals surface area contributed by atoms with Crippen molar-refractivity contribution in [3.05, 3.63) is 29.3 Å². The van der Waals surface area contributed by atoms with Crippen molar-refractivity contribution >= 4 is 25.6 Å². The van der Waals surface area contributed by atoms with Gasteiger partial charge in [-0.05, 0) is 44.9 Å². The molecule has 0 saturated carbocycles. The first-order valence-electron chi connectivity index (χ1n) is 5.94. The van der Waals surface area contributed by atoms with Crippen LogP contribution in [0.2, 0.25) is 0 Å². The van der Waals surface area contributed by atoms with Crippen LogP contribution in [0.25, 0.3) is 0 Å². The highest BCUT2D eigenvalue weighted by molar-refractivity contribution is 8.13. The molecule has 0 heterocycles. The zero-order chi connectivity index (χ0) is 14.8. The van der Waals surface area contributed by atoms with Gasteiger partial charge in [0.05, 0.1) is 4.90 Å². The Kier molecular flexibility index (Phi) is 4.63. The summed E-state index contributed by atoms with van der Waals surface area (Å²) in [4.78, 5) is 12.0. The van der Waals surface area contributed by atoms with Gasteiger partial charge in [0.1, 0.15) is 0 Å². The number of aryl methyl sites for hydroxylation is 1. The normalized spacial score (nSPS) is 12.3. The van der Waals surface area contributed by atoms with Crippen molar-refractivity contribution in [1.82, 2.24) is 5.32 Å². The lowest BCUT2D eigenvalue weighted by Gasteiger charge is -2.20. The number of hydrogen-bond donors (Lipinski definition) is 1. The van der Waals surface area contributed by atoms with E-state index in [0.29, 0.717) is 12.0 Å². The van der Waals surface area contributed by atoms with Crippen LogP contribution in [0.3, 0.4) is 0 Å². The number of hydrogen-bond acceptors (Lipinski definition) is 3. The van der Waals surface area contributed by atoms with Crippen molar-refractivity contribution in [3.63, 3.8) is 0 Å². The summed E-state index contributed by atoms with van der Waals surface area (Å²) in [6, 6.07) is 4.54. The summed E-state index contributed by atoms with van der Waals surface area (Å²) in [5.74, 6) is -0.322. The van der Waals surface area contributed by atoms with E-state index < -0.39 is 9.05 Å². The Morgan fingerprint density at radius 2 is 1.89 bits per heavy atom. The number of nitrogens with one attached hydrogen (secondary N) is 1. The molecule has 1 aromatic rings. The average Bonchev–Trinajstić information content (AvgIpc) is 2.24. The highest BCUT2D eigenvalue weighted by atomic mass is 35.7. The van der Waals surface area contributed by atoms with Crippen molar-refractivity contribution in [2.45, 2.75) is 44.6 Å². The lowest BCUT2D eigenvalue weighted by molar-refractivity contribution is 0.0919. The Bertz CT molecular complexity index is 588. The van der Waals surface area contributed by atoms with E-state index in [9.17, 15) is 13.2 Å². The SMILES string of the molecule is CCc1ccc(C(=O)NC(C)(C)C)cc1S(=O)(=O)Cl. The summed E-state index contributed by atoms with van der Waals surface area (Å²) in [5.41, 5.74) is 0.495. The van der Waals surface area contributed by atoms with E-state index in [1.165, 1.54) is 6.07 Å². The molecule has 1 amide bonds. The largest absolute Gasteiger partial charge is 0.347 e. The fourth-order valence-electron chi connectivity index (χ4n) is 1.63. The molecule has 1 rings (SSSR count). The van der Waals surface area contributed by atoms with Gasteiger partial charge in [0, 0.05) is 21.8 Å². The Hall–Kier alpha value is -1.07. The van der Waals surface area contributed by atoms with Gasteiger partial charge in [0.25, 0.3) is 15.0 Å². The van der Waals surface area contributed by atoms with E-state index in [2.05, 4.69) is 5.32 Å². The predicted molar refractivity (Wildman–Crippen MR) is 76.1 cm³/mol. The quantitative estimate of drug-likeness (QED) is 0.873. The van der Waals surface area contributed by atoms with E-state index in [1.807, 2.05) is 27.7 Å². The molecule has 4 nitrogen and oxygen atoms in total. The highest BCUT2D eigenvalue weighted by Crippen LogP contribution is 2.22. The van der Waals surface area contributed by atoms with E-state index in [0.717, 1.165) is 0 Å². The summed E-state index contributed by atoms with van der Waals surface area (Å²) < 4.78 is 23.0. The second-order valence-electron chi connectivity index (χ2n) is 5.32. The van der Waals surface area contributed by atoms with Crippen LogP contribution in [0, 0.1) is 0 Å². The smallest absolute Gasteiger partial charge is 0.261 e. The molecule has 0 aliphatic rings. The van der Waals surface area contributed by atoms with Crippen LogP contribution in [0.5, 0.6) is 0 Å². The lowest BCUT2D eigenvalue weighted by Crippen LogP contribution is -2.40. The minimum Gasteiger partial charge on any atom is -0.347 e. The minimum atomic E-state index is -3.85. The van der Waals surface area contributed by atoms with Gasteiger partial charge < -0.3 is 5.32 Å². The van der Waals surface area contributed by atoms with Crippen LogP contribution in [-0.4, -0.2) is 19.9 Å². The molecule has 0 spiro atoms. The second-order valence-corrected chi connectivity index (χ2v) is 7.85. The van der Waals surface area contributed by atoms with Gasteiger partial charge in [-0.25, -0.2) is 8.42 Å². The zero-order valence-electron chi connectivity index (χ0n) is 11.5. The standard InChI is InChI=1S/C13H18ClNO3S/c1-5-9-6-7-10(8-11(9)19(14,17)18)12(16)15-13(2,3)4/h6-8H,5H2,1-4H3,(H,15,16). The molecule has 0 saturated heterocycles. The van der Waals surface area contributed by atoms with E-state index in [-0.39, 0.29) is 21.9 Å². The maximum atomic E-state index is 12.0. The molecule has 1 aromatic carbocycles. The summed E-state index contributed by atoms with van der Waals surface area (Å²) in [5, 5.41) is 2.77. The highest BCUT2D eigenvalue weighted by Gasteiger charge is 2.20. The lowest BCUT2D eigenvalue weighted by atomic mass is 10.1. The summed E-state index contributed by atoms with van der Waals surface area (Å²) >= 11 is 0. The number of carbonyl (C=O) groups excluding carboxylic acids is 1. The molecule has 0 fully saturated rings. The average molecular weight is 304 g/mol. The maximum Gasteiger partial charge on any atom is 0.261 e. The van der Waals surface area contributed by atoms with E-state index in [4.69, 9.17) is 10.7 Å². The van der Waals surface area contributed by atoms with Crippen molar-refractivity contribution in [2.75, 3.05) is 0 Å². The number of halogens is 1. The molecule has 0 aliphatic carbocycles. The van der Waals surface area contributed by atoms with Crippen LogP contribution in [0.4, 0.5) is 0 Å². The van der Waals surface area contributed by atoms with Crippen molar-refractivity contribution in [2.24, 2.45) is 0 Å². The van der Waals surface area contributed by atoms with Gasteiger partial charge in [-0.3, -0.25) is 4.79 Å². The maximum absolute atomic E-state index is 12.0. The van der Waals surface area contributed by atoms with Gasteiger partial charge in [-0.15, -0.1) is 0 Å². The molecule has 0 atom stereocenters. The molecular formula is C13H18ClNO3S. The fraction of sp³-hybridized carbons (Fsp3) is 0.462. The molecule has 0 radical (unpaired) electrons. The fourth-order valence-corrected chi connectivity index (χ4v) is 2.85. The third-order valence-corrected chi connectivity index (χ3v) is 3.87. The Labute approximate surface area is 118 Å². The topological polar surface area (TPSA) is 63.2 Å². The van der Waals surface area contributed by atoms with Crippen LogP contribution in [-0.2, 0) is 15.5 Å². The Balaban J connectivity index is 3.23. The summed E-state index contributed by atoms with van der Waals surface area (Å²) in [7, 11) is 1.54.